The normalized spacial score (nSPS) is 17.0. The third-order valence-electron chi connectivity index (χ3n) is 5.92. The number of aliphatic carboxylic acids is 1. The maximum Gasteiger partial charge on any atom is 1.00 e. The summed E-state index contributed by atoms with van der Waals surface area (Å²) in [6.07, 6.45) is 12.8. The topological polar surface area (TPSA) is 66.4 Å². The molecule has 2 N–H and O–H groups in total. The van der Waals surface area contributed by atoms with Crippen molar-refractivity contribution in [2.75, 3.05) is 0 Å². The Kier molecular flexibility index (Phi) is 41.9. The summed E-state index contributed by atoms with van der Waals surface area (Å²) in [5.41, 5.74) is 2.51. The van der Waals surface area contributed by atoms with Crippen LogP contribution >= 0.6 is 23.2 Å². The van der Waals surface area contributed by atoms with Crippen molar-refractivity contribution in [3.63, 3.8) is 0 Å². The molecular weight excluding hydrogens is 628 g/mol. The van der Waals surface area contributed by atoms with Crippen LogP contribution in [0.15, 0.2) is 59.3 Å². The van der Waals surface area contributed by atoms with E-state index in [4.69, 9.17) is 28.3 Å². The molecule has 0 aromatic heterocycles. The van der Waals surface area contributed by atoms with Gasteiger partial charge in [0, 0.05) is 10.7 Å². The second kappa shape index (κ2) is 34.9. The Hall–Kier alpha value is -0.404. The quantitative estimate of drug-likeness (QED) is 0.146. The number of carbonyl (C=O) groups excluding carboxylic acids is 1. The van der Waals surface area contributed by atoms with E-state index in [0.29, 0.717) is 16.6 Å². The van der Waals surface area contributed by atoms with Crippen LogP contribution in [0.25, 0.3) is 0 Å². The first-order chi connectivity index (χ1) is 20.6. The smallest absolute Gasteiger partial charge is 0.542 e. The minimum Gasteiger partial charge on any atom is -0.542 e. The van der Waals surface area contributed by atoms with Gasteiger partial charge in [-0.15, -0.1) is 5.92 Å². The van der Waals surface area contributed by atoms with Crippen molar-refractivity contribution in [1.29, 1.82) is 0 Å². The van der Waals surface area contributed by atoms with Crippen LogP contribution in [0.4, 0.5) is 0 Å². The van der Waals surface area contributed by atoms with E-state index in [2.05, 4.69) is 39.6 Å². The van der Waals surface area contributed by atoms with E-state index in [0.717, 1.165) is 49.1 Å². The largest absolute Gasteiger partial charge is 1.00 e. The van der Waals surface area contributed by atoms with Crippen molar-refractivity contribution in [2.45, 2.75) is 127 Å². The van der Waals surface area contributed by atoms with E-state index < -0.39 is 5.97 Å². The van der Waals surface area contributed by atoms with Gasteiger partial charge in [0.05, 0.1) is 16.5 Å². The Balaban J connectivity index is -0.000000172. The van der Waals surface area contributed by atoms with Crippen LogP contribution in [-0.4, -0.2) is 17.4 Å². The summed E-state index contributed by atoms with van der Waals surface area (Å²) in [6, 6.07) is 7.78. The number of carbonyl (C=O) groups is 1. The number of rotatable bonds is 10. The summed E-state index contributed by atoms with van der Waals surface area (Å²) < 4.78 is 0. The molecule has 2 rings (SSSR count). The van der Waals surface area contributed by atoms with Crippen LogP contribution in [0.3, 0.4) is 0 Å². The summed E-state index contributed by atoms with van der Waals surface area (Å²) in [7, 11) is 0. The molecular formula is C38H64Cl2KNO3-2. The molecule has 0 aliphatic heterocycles. The summed E-state index contributed by atoms with van der Waals surface area (Å²) in [5.74, 6) is 0.127. The van der Waals surface area contributed by atoms with Crippen molar-refractivity contribution in [3.05, 3.63) is 83.7 Å². The van der Waals surface area contributed by atoms with Gasteiger partial charge in [-0.2, -0.15) is 12.8 Å². The van der Waals surface area contributed by atoms with E-state index in [9.17, 15) is 9.59 Å². The van der Waals surface area contributed by atoms with Crippen molar-refractivity contribution < 1.29 is 66.1 Å². The van der Waals surface area contributed by atoms with Crippen molar-refractivity contribution in [2.24, 2.45) is 17.3 Å². The fourth-order valence-corrected chi connectivity index (χ4v) is 4.21. The minimum absolute atomic E-state index is 0. The van der Waals surface area contributed by atoms with Gasteiger partial charge < -0.3 is 29.1 Å². The third-order valence-corrected chi connectivity index (χ3v) is 6.62. The first-order valence-corrected chi connectivity index (χ1v) is 16.8. The molecule has 1 aromatic carbocycles. The van der Waals surface area contributed by atoms with E-state index in [1.807, 2.05) is 105 Å². The molecule has 1 saturated carbocycles. The molecule has 0 amide bonds. The van der Waals surface area contributed by atoms with Gasteiger partial charge in [-0.1, -0.05) is 127 Å². The van der Waals surface area contributed by atoms with E-state index in [1.54, 1.807) is 0 Å². The second-order valence-electron chi connectivity index (χ2n) is 11.2. The molecule has 256 valence electrons. The third kappa shape index (κ3) is 30.7. The first-order valence-electron chi connectivity index (χ1n) is 16.0. The summed E-state index contributed by atoms with van der Waals surface area (Å²) in [4.78, 5) is 20.3. The van der Waals surface area contributed by atoms with E-state index in [-0.39, 0.29) is 68.8 Å². The number of benzene rings is 1. The minimum atomic E-state index is -0.638. The number of nitrogens with one attached hydrogen (secondary N) is 1. The Morgan fingerprint density at radius 2 is 1.60 bits per heavy atom. The Labute approximate surface area is 331 Å². The van der Waals surface area contributed by atoms with E-state index in [1.165, 1.54) is 12.0 Å². The average molecular weight is 693 g/mol. The number of carboxylic acid groups (broad SMARTS) is 1. The SMILES string of the molecule is C=C(NC(C)c1ccccc1Cl)/C(Cl)=C\C=C(C)C.CC.CC1CC(C)(C(=O)O)C1.CCCCC(C)[C-]=O.[CH2-]CC.[CH2-]CC.[K+]. The average Bonchev–Trinajstić information content (AvgIpc) is 2.96. The standard InChI is InChI=1S/C16H19Cl2N.C7H12O2.C7H13O.2C3H7.C2H6.K/c1-11(2)9-10-15(17)13(4)19-12(3)14-7-5-6-8-16(14)18;1-5-3-7(2,4-5)6(8)9;1-3-4-5-7(2)6-8;2*1-3-2;1-2;/h5-10,12,19H,4H2,1-3H3;5H,3-4H2,1-2H3,(H,8,9);7H,3-5H2,1-2H3;2*1,3H2,2H3;1-2H3;/q;;3*-1;;+1/b15-10+;;;;;;. The Morgan fingerprint density at radius 3 is 1.93 bits per heavy atom. The predicted molar refractivity (Wildman–Crippen MR) is 197 cm³/mol. The molecule has 0 radical (unpaired) electrons. The van der Waals surface area contributed by atoms with Crippen LogP contribution in [0.1, 0.15) is 133 Å². The molecule has 45 heavy (non-hydrogen) atoms. The fraction of sp³-hybridized carbons (Fsp3) is 0.579. The Bertz CT molecular complexity index is 935. The summed E-state index contributed by atoms with van der Waals surface area (Å²) in [5, 5.41) is 13.2. The van der Waals surface area contributed by atoms with Gasteiger partial charge in [-0.05, 0) is 64.2 Å². The van der Waals surface area contributed by atoms with Crippen LogP contribution in [0.2, 0.25) is 5.02 Å². The Morgan fingerprint density at radius 1 is 1.13 bits per heavy atom. The summed E-state index contributed by atoms with van der Waals surface area (Å²) in [6.45, 7) is 32.9. The van der Waals surface area contributed by atoms with Crippen molar-refractivity contribution in [3.8, 4) is 0 Å². The molecule has 7 heteroatoms. The zero-order valence-electron chi connectivity index (χ0n) is 30.8. The molecule has 4 nitrogen and oxygen atoms in total. The molecule has 0 bridgehead atoms. The van der Waals surface area contributed by atoms with Gasteiger partial charge in [0.15, 0.2) is 0 Å². The van der Waals surface area contributed by atoms with Gasteiger partial charge in [0.2, 0.25) is 0 Å². The van der Waals surface area contributed by atoms with Crippen LogP contribution in [-0.2, 0) is 9.59 Å². The van der Waals surface area contributed by atoms with Gasteiger partial charge in [-0.3, -0.25) is 11.1 Å². The number of carboxylic acids is 1. The molecule has 2 atom stereocenters. The second-order valence-corrected chi connectivity index (χ2v) is 12.0. The van der Waals surface area contributed by atoms with Crippen LogP contribution in [0.5, 0.6) is 0 Å². The van der Waals surface area contributed by atoms with Gasteiger partial charge in [0.1, 0.15) is 0 Å². The maximum atomic E-state index is 10.4. The van der Waals surface area contributed by atoms with Crippen molar-refractivity contribution in [1.82, 2.24) is 5.32 Å². The monoisotopic (exact) mass is 691 g/mol. The maximum absolute atomic E-state index is 10.4. The molecule has 1 aliphatic rings. The molecule has 0 heterocycles. The fourth-order valence-electron chi connectivity index (χ4n) is 3.80. The number of hydrogen-bond acceptors (Lipinski definition) is 3. The van der Waals surface area contributed by atoms with Crippen LogP contribution in [0, 0.1) is 31.1 Å². The number of halogens is 2. The summed E-state index contributed by atoms with van der Waals surface area (Å²) >= 11 is 12.3. The zero-order valence-corrected chi connectivity index (χ0v) is 35.4. The first kappa shape index (κ1) is 54.1. The van der Waals surface area contributed by atoms with Gasteiger partial charge >= 0.3 is 57.4 Å². The number of hydrogen-bond donors (Lipinski definition) is 2. The van der Waals surface area contributed by atoms with Crippen LogP contribution < -0.4 is 56.7 Å². The molecule has 1 aliphatic carbocycles. The molecule has 1 fully saturated rings. The molecule has 0 spiro atoms. The van der Waals surface area contributed by atoms with E-state index >= 15 is 0 Å². The predicted octanol–water partition coefficient (Wildman–Crippen LogP) is 9.51. The van der Waals surface area contributed by atoms with Gasteiger partial charge in [0.25, 0.3) is 0 Å². The number of allylic oxidation sites excluding steroid dienone is 4. The molecule has 1 aromatic rings. The van der Waals surface area contributed by atoms with Crippen molar-refractivity contribution >= 4 is 35.5 Å². The van der Waals surface area contributed by atoms with Gasteiger partial charge in [-0.25, -0.2) is 0 Å². The number of unbranched alkanes of at least 4 members (excludes halogenated alkanes) is 1. The molecule has 2 unspecified atom stereocenters. The molecule has 0 saturated heterocycles. The zero-order chi connectivity index (χ0) is 35.3.